The summed E-state index contributed by atoms with van der Waals surface area (Å²) < 4.78 is 1.71. The van der Waals surface area contributed by atoms with E-state index in [0.717, 1.165) is 38.3 Å². The number of nitrogens with zero attached hydrogens (tertiary/aromatic N) is 3. The fourth-order valence-corrected chi connectivity index (χ4v) is 3.79. The summed E-state index contributed by atoms with van der Waals surface area (Å²) in [7, 11) is 0. The highest BCUT2D eigenvalue weighted by Gasteiger charge is 2.40. The molecule has 1 aromatic carbocycles. The minimum atomic E-state index is -0.261. The third kappa shape index (κ3) is 2.86. The number of anilines is 1. The molecule has 1 saturated heterocycles. The van der Waals surface area contributed by atoms with Crippen LogP contribution < -0.4 is 11.0 Å². The second kappa shape index (κ2) is 5.65. The van der Waals surface area contributed by atoms with Crippen LogP contribution >= 0.6 is 11.6 Å². The molecule has 6 heteroatoms. The molecule has 0 atom stereocenters. The maximum atomic E-state index is 12.0. The van der Waals surface area contributed by atoms with Gasteiger partial charge in [0.15, 0.2) is 0 Å². The summed E-state index contributed by atoms with van der Waals surface area (Å²) in [5.41, 5.74) is 1.05. The molecular formula is C17H19ClN4O. The zero-order valence-corrected chi connectivity index (χ0v) is 13.6. The third-order valence-corrected chi connectivity index (χ3v) is 5.09. The lowest BCUT2D eigenvalue weighted by Gasteiger charge is -2.39. The Morgan fingerprint density at radius 3 is 2.70 bits per heavy atom. The molecule has 1 aromatic heterocycles. The molecule has 2 aliphatic heterocycles. The number of halogens is 1. The molecule has 2 aliphatic rings. The van der Waals surface area contributed by atoms with E-state index in [9.17, 15) is 4.79 Å². The number of likely N-dealkylation sites (tertiary alicyclic amines) is 1. The van der Waals surface area contributed by atoms with E-state index in [1.54, 1.807) is 10.6 Å². The molecule has 0 saturated carbocycles. The summed E-state index contributed by atoms with van der Waals surface area (Å²) in [6.07, 6.45) is 2.02. The average molecular weight is 331 g/mol. The van der Waals surface area contributed by atoms with Crippen molar-refractivity contribution in [1.82, 2.24) is 14.5 Å². The van der Waals surface area contributed by atoms with Crippen LogP contribution in [0.3, 0.4) is 0 Å². The van der Waals surface area contributed by atoms with Crippen LogP contribution in [0.5, 0.6) is 0 Å². The minimum Gasteiger partial charge on any atom is -0.364 e. The third-order valence-electron chi connectivity index (χ3n) is 4.90. The summed E-state index contributed by atoms with van der Waals surface area (Å²) in [5.74, 6) is 0.798. The Morgan fingerprint density at radius 1 is 1.22 bits per heavy atom. The van der Waals surface area contributed by atoms with Crippen LogP contribution in [0.2, 0.25) is 5.15 Å². The quantitative estimate of drug-likeness (QED) is 0.859. The summed E-state index contributed by atoms with van der Waals surface area (Å²) in [6.45, 7) is 3.71. The summed E-state index contributed by atoms with van der Waals surface area (Å²) in [5, 5.41) is 3.78. The molecule has 2 aromatic rings. The summed E-state index contributed by atoms with van der Waals surface area (Å²) >= 11 is 5.90. The van der Waals surface area contributed by atoms with E-state index in [1.807, 2.05) is 6.07 Å². The van der Waals surface area contributed by atoms with Crippen molar-refractivity contribution in [3.05, 3.63) is 57.6 Å². The number of hydrogen-bond acceptors (Lipinski definition) is 4. The fraction of sp³-hybridized carbons (Fsp3) is 0.412. The van der Waals surface area contributed by atoms with Gasteiger partial charge in [0.1, 0.15) is 11.0 Å². The van der Waals surface area contributed by atoms with E-state index in [0.29, 0.717) is 6.54 Å². The lowest BCUT2D eigenvalue weighted by Crippen LogP contribution is -2.48. The topological polar surface area (TPSA) is 50.2 Å². The van der Waals surface area contributed by atoms with Crippen molar-refractivity contribution in [2.45, 2.75) is 31.5 Å². The molecule has 5 nitrogen and oxygen atoms in total. The Morgan fingerprint density at radius 2 is 1.96 bits per heavy atom. The van der Waals surface area contributed by atoms with Gasteiger partial charge in [-0.15, -0.1) is 0 Å². The second-order valence-electron chi connectivity index (χ2n) is 6.50. The van der Waals surface area contributed by atoms with Crippen molar-refractivity contribution in [3.63, 3.8) is 0 Å². The number of benzene rings is 1. The van der Waals surface area contributed by atoms with Crippen molar-refractivity contribution >= 4 is 17.4 Å². The highest BCUT2D eigenvalue weighted by atomic mass is 35.5. The normalized spacial score (nSPS) is 19.5. The van der Waals surface area contributed by atoms with E-state index >= 15 is 0 Å². The van der Waals surface area contributed by atoms with Gasteiger partial charge in [-0.2, -0.15) is 4.98 Å². The Bertz CT molecular complexity index is 766. The van der Waals surface area contributed by atoms with Gasteiger partial charge in [0, 0.05) is 25.7 Å². The largest absolute Gasteiger partial charge is 0.364 e. The highest BCUT2D eigenvalue weighted by molar-refractivity contribution is 6.29. The van der Waals surface area contributed by atoms with Crippen molar-refractivity contribution in [2.24, 2.45) is 0 Å². The first-order valence-electron chi connectivity index (χ1n) is 7.95. The molecular weight excluding hydrogens is 312 g/mol. The highest BCUT2D eigenvalue weighted by Crippen LogP contribution is 2.34. The van der Waals surface area contributed by atoms with Gasteiger partial charge in [-0.1, -0.05) is 41.9 Å². The van der Waals surface area contributed by atoms with E-state index < -0.39 is 0 Å². The first-order valence-corrected chi connectivity index (χ1v) is 8.33. The van der Waals surface area contributed by atoms with E-state index in [2.05, 4.69) is 39.5 Å². The van der Waals surface area contributed by atoms with Crippen LogP contribution in [0.25, 0.3) is 0 Å². The van der Waals surface area contributed by atoms with Gasteiger partial charge >= 0.3 is 5.69 Å². The van der Waals surface area contributed by atoms with Crippen molar-refractivity contribution in [1.29, 1.82) is 0 Å². The van der Waals surface area contributed by atoms with E-state index in [-0.39, 0.29) is 16.4 Å². The van der Waals surface area contributed by atoms with Gasteiger partial charge in [-0.25, -0.2) is 4.79 Å². The first-order chi connectivity index (χ1) is 11.1. The molecule has 1 spiro atoms. The van der Waals surface area contributed by atoms with Gasteiger partial charge in [-0.05, 0) is 18.4 Å². The van der Waals surface area contributed by atoms with Crippen LogP contribution in [-0.2, 0) is 13.1 Å². The SMILES string of the molecule is O=c1nc(Cl)cc2n1CC1(CCN(Cc3ccccc3)CC1)N2. The Balaban J connectivity index is 1.44. The fourth-order valence-electron chi connectivity index (χ4n) is 3.61. The van der Waals surface area contributed by atoms with Gasteiger partial charge in [0.25, 0.3) is 0 Å². The Labute approximate surface area is 139 Å². The van der Waals surface area contributed by atoms with E-state index in [1.165, 1.54) is 5.56 Å². The van der Waals surface area contributed by atoms with E-state index in [4.69, 9.17) is 11.6 Å². The monoisotopic (exact) mass is 330 g/mol. The van der Waals surface area contributed by atoms with Crippen molar-refractivity contribution < 1.29 is 0 Å². The number of aromatic nitrogens is 2. The number of nitrogens with one attached hydrogen (secondary N) is 1. The molecule has 0 amide bonds. The van der Waals surface area contributed by atoms with Crippen LogP contribution in [0, 0.1) is 0 Å². The molecule has 1 N–H and O–H groups in total. The van der Waals surface area contributed by atoms with Crippen LogP contribution in [0.15, 0.2) is 41.2 Å². The summed E-state index contributed by atoms with van der Waals surface area (Å²) in [6, 6.07) is 12.3. The lowest BCUT2D eigenvalue weighted by atomic mass is 9.88. The Hall–Kier alpha value is -1.85. The molecule has 0 radical (unpaired) electrons. The standard InChI is InChI=1S/C17H19ClN4O/c18-14-10-15-20-17(12-22(15)16(23)19-14)6-8-21(9-7-17)11-13-4-2-1-3-5-13/h1-5,10,20H,6-9,11-12H2. The molecule has 120 valence electrons. The smallest absolute Gasteiger partial charge is 0.350 e. The number of fused-ring (bicyclic) bond motifs is 1. The van der Waals surface area contributed by atoms with Gasteiger partial charge in [-0.3, -0.25) is 9.47 Å². The molecule has 0 bridgehead atoms. The number of piperidine rings is 1. The van der Waals surface area contributed by atoms with Crippen LogP contribution in [0.4, 0.5) is 5.82 Å². The maximum absolute atomic E-state index is 12.0. The molecule has 4 rings (SSSR count). The molecule has 3 heterocycles. The molecule has 0 unspecified atom stereocenters. The zero-order chi connectivity index (χ0) is 15.9. The zero-order valence-electron chi connectivity index (χ0n) is 12.8. The molecule has 23 heavy (non-hydrogen) atoms. The average Bonchev–Trinajstić information content (AvgIpc) is 2.89. The minimum absolute atomic E-state index is 0.0360. The Kier molecular flexibility index (Phi) is 3.62. The van der Waals surface area contributed by atoms with Gasteiger partial charge in [0.05, 0.1) is 12.1 Å². The van der Waals surface area contributed by atoms with Crippen molar-refractivity contribution in [3.8, 4) is 0 Å². The van der Waals surface area contributed by atoms with Crippen molar-refractivity contribution in [2.75, 3.05) is 18.4 Å². The summed E-state index contributed by atoms with van der Waals surface area (Å²) in [4.78, 5) is 18.3. The van der Waals surface area contributed by atoms with Gasteiger partial charge < -0.3 is 5.32 Å². The molecule has 0 aliphatic carbocycles. The first kappa shape index (κ1) is 14.7. The number of rotatable bonds is 2. The van der Waals surface area contributed by atoms with Gasteiger partial charge in [0.2, 0.25) is 0 Å². The molecule has 1 fully saturated rings. The maximum Gasteiger partial charge on any atom is 0.350 e. The second-order valence-corrected chi connectivity index (χ2v) is 6.89. The lowest BCUT2D eigenvalue weighted by molar-refractivity contribution is 0.162. The predicted molar refractivity (Wildman–Crippen MR) is 90.8 cm³/mol. The van der Waals surface area contributed by atoms with Crippen LogP contribution in [0.1, 0.15) is 18.4 Å². The predicted octanol–water partition coefficient (Wildman–Crippen LogP) is 2.36. The number of hydrogen-bond donors (Lipinski definition) is 1. The van der Waals surface area contributed by atoms with Crippen LogP contribution in [-0.4, -0.2) is 33.1 Å².